The van der Waals surface area contributed by atoms with Gasteiger partial charge in [-0.2, -0.15) is 0 Å². The number of nitrogens with zero attached hydrogens (tertiary/aromatic N) is 2. The maximum Gasteiger partial charge on any atom is 0.351 e. The molecule has 2 heterocycles. The first kappa shape index (κ1) is 15.5. The third-order valence-corrected chi connectivity index (χ3v) is 4.13. The van der Waals surface area contributed by atoms with Crippen LogP contribution in [0.4, 0.5) is 0 Å². The number of hydrogen-bond donors (Lipinski definition) is 0. The quantitative estimate of drug-likeness (QED) is 0.654. The highest BCUT2D eigenvalue weighted by atomic mass is 35.5. The van der Waals surface area contributed by atoms with Crippen molar-refractivity contribution in [1.29, 1.82) is 0 Å². The Morgan fingerprint density at radius 3 is 2.43 bits per heavy atom. The van der Waals surface area contributed by atoms with Gasteiger partial charge in [0.2, 0.25) is 0 Å². The average Bonchev–Trinajstić information content (AvgIpc) is 3.04. The zero-order valence-electron chi connectivity index (χ0n) is 12.0. The van der Waals surface area contributed by atoms with E-state index in [1.807, 2.05) is 12.1 Å². The highest BCUT2D eigenvalue weighted by molar-refractivity contribution is 7.12. The van der Waals surface area contributed by atoms with Gasteiger partial charge in [-0.3, -0.25) is 0 Å². The van der Waals surface area contributed by atoms with E-state index < -0.39 is 5.97 Å². The summed E-state index contributed by atoms with van der Waals surface area (Å²) >= 11 is 7.10. The molecule has 0 amide bonds. The smallest absolute Gasteiger partial charge is 0.351 e. The third kappa shape index (κ3) is 3.49. The number of methoxy groups -OCH3 is 1. The van der Waals surface area contributed by atoms with Crippen molar-refractivity contribution >= 4 is 28.9 Å². The number of hydrogen-bond acceptors (Lipinski definition) is 6. The lowest BCUT2D eigenvalue weighted by molar-refractivity contribution is 0.0603. The van der Waals surface area contributed by atoms with E-state index >= 15 is 0 Å². The molecule has 0 atom stereocenters. The molecule has 2 aromatic heterocycles. The van der Waals surface area contributed by atoms with Crippen LogP contribution in [0.2, 0.25) is 5.02 Å². The molecule has 0 bridgehead atoms. The second kappa shape index (κ2) is 6.76. The van der Waals surface area contributed by atoms with Crippen molar-refractivity contribution in [2.24, 2.45) is 0 Å². The predicted molar refractivity (Wildman–Crippen MR) is 88.2 cm³/mol. The fourth-order valence-corrected chi connectivity index (χ4v) is 2.74. The summed E-state index contributed by atoms with van der Waals surface area (Å²) in [6, 6.07) is 9.20. The van der Waals surface area contributed by atoms with Crippen LogP contribution in [0, 0.1) is 0 Å². The molecule has 0 aliphatic heterocycles. The van der Waals surface area contributed by atoms with E-state index in [0.717, 1.165) is 11.1 Å². The number of carbonyl (C=O) groups excluding carboxylic acids is 1. The Labute approximate surface area is 141 Å². The number of rotatable bonds is 4. The Balaban J connectivity index is 1.79. The van der Waals surface area contributed by atoms with Crippen LogP contribution >= 0.6 is 22.9 Å². The molecule has 0 spiro atoms. The molecule has 0 fully saturated rings. The van der Waals surface area contributed by atoms with Gasteiger partial charge in [0.15, 0.2) is 10.6 Å². The summed E-state index contributed by atoms with van der Waals surface area (Å²) < 4.78 is 10.2. The predicted octanol–water partition coefficient (Wildman–Crippen LogP) is 4.44. The molecule has 3 aromatic rings. The lowest BCUT2D eigenvalue weighted by Gasteiger charge is -2.05. The largest absolute Gasteiger partial charge is 0.465 e. The zero-order chi connectivity index (χ0) is 16.2. The van der Waals surface area contributed by atoms with Gasteiger partial charge in [-0.25, -0.2) is 14.8 Å². The first-order valence-electron chi connectivity index (χ1n) is 6.59. The number of ether oxygens (including phenoxy) is 2. The van der Waals surface area contributed by atoms with Crippen LogP contribution in [0.5, 0.6) is 11.8 Å². The first-order valence-corrected chi connectivity index (χ1v) is 7.85. The normalized spacial score (nSPS) is 10.3. The second-order valence-corrected chi connectivity index (χ2v) is 5.82. The number of halogens is 1. The number of benzene rings is 1. The Morgan fingerprint density at radius 1 is 1.09 bits per heavy atom. The Bertz CT molecular complexity index is 816. The van der Waals surface area contributed by atoms with Crippen molar-refractivity contribution in [3.05, 3.63) is 58.0 Å². The molecule has 7 heteroatoms. The van der Waals surface area contributed by atoms with E-state index in [4.69, 9.17) is 21.1 Å². The molecule has 23 heavy (non-hydrogen) atoms. The highest BCUT2D eigenvalue weighted by Gasteiger charge is 2.16. The highest BCUT2D eigenvalue weighted by Crippen LogP contribution is 2.29. The van der Waals surface area contributed by atoms with Gasteiger partial charge in [0.05, 0.1) is 7.11 Å². The lowest BCUT2D eigenvalue weighted by atomic mass is 10.1. The van der Waals surface area contributed by atoms with Gasteiger partial charge < -0.3 is 9.47 Å². The van der Waals surface area contributed by atoms with E-state index in [0.29, 0.717) is 15.6 Å². The molecule has 3 rings (SSSR count). The van der Waals surface area contributed by atoms with Crippen molar-refractivity contribution in [3.63, 3.8) is 0 Å². The van der Waals surface area contributed by atoms with Crippen LogP contribution in [0.3, 0.4) is 0 Å². The summed E-state index contributed by atoms with van der Waals surface area (Å²) in [5, 5.41) is 2.41. The number of thiophene rings is 1. The van der Waals surface area contributed by atoms with Crippen LogP contribution in [0.25, 0.3) is 11.1 Å². The van der Waals surface area contributed by atoms with E-state index in [9.17, 15) is 4.79 Å². The summed E-state index contributed by atoms with van der Waals surface area (Å²) in [4.78, 5) is 20.3. The van der Waals surface area contributed by atoms with Crippen molar-refractivity contribution in [2.45, 2.75) is 0 Å². The van der Waals surface area contributed by atoms with E-state index in [-0.39, 0.29) is 6.01 Å². The zero-order valence-corrected chi connectivity index (χ0v) is 13.6. The van der Waals surface area contributed by atoms with Gasteiger partial charge in [-0.15, -0.1) is 11.3 Å². The van der Waals surface area contributed by atoms with Crippen LogP contribution in [0.1, 0.15) is 9.67 Å². The molecule has 0 radical (unpaired) electrons. The molecule has 0 saturated carbocycles. The van der Waals surface area contributed by atoms with Gasteiger partial charge in [0.1, 0.15) is 0 Å². The maximum atomic E-state index is 11.6. The Hall–Kier alpha value is -2.44. The van der Waals surface area contributed by atoms with Gasteiger partial charge in [-0.05, 0) is 29.1 Å². The van der Waals surface area contributed by atoms with E-state index in [1.165, 1.54) is 18.4 Å². The molecule has 0 unspecified atom stereocenters. The maximum absolute atomic E-state index is 11.6. The van der Waals surface area contributed by atoms with Crippen LogP contribution in [-0.2, 0) is 4.74 Å². The van der Waals surface area contributed by atoms with Gasteiger partial charge in [0, 0.05) is 23.0 Å². The van der Waals surface area contributed by atoms with Crippen molar-refractivity contribution < 1.29 is 14.3 Å². The molecule has 5 nitrogen and oxygen atoms in total. The molecule has 0 aliphatic rings. The summed E-state index contributed by atoms with van der Waals surface area (Å²) in [6.45, 7) is 0. The lowest BCUT2D eigenvalue weighted by Crippen LogP contribution is -2.01. The molecule has 1 aromatic carbocycles. The molecule has 0 aliphatic carbocycles. The minimum Gasteiger partial charge on any atom is -0.465 e. The standard InChI is InChI=1S/C16H11ClN2O3S/c1-21-15(20)14-13(6-7-23-14)22-16-18-8-11(9-19-16)10-2-4-12(17)5-3-10/h2-9H,1H3. The van der Waals surface area contributed by atoms with E-state index in [1.54, 1.807) is 36.0 Å². The second-order valence-electron chi connectivity index (χ2n) is 4.47. The SMILES string of the molecule is COC(=O)c1sccc1Oc1ncc(-c2ccc(Cl)cc2)cn1. The van der Waals surface area contributed by atoms with Crippen LogP contribution < -0.4 is 4.74 Å². The van der Waals surface area contributed by atoms with Crippen molar-refractivity contribution in [2.75, 3.05) is 7.11 Å². The van der Waals surface area contributed by atoms with Gasteiger partial charge in [0.25, 0.3) is 0 Å². The molecule has 0 saturated heterocycles. The van der Waals surface area contributed by atoms with Crippen molar-refractivity contribution in [3.8, 4) is 22.9 Å². The molecule has 0 N–H and O–H groups in total. The van der Waals surface area contributed by atoms with E-state index in [2.05, 4.69) is 9.97 Å². The van der Waals surface area contributed by atoms with Crippen LogP contribution in [-0.4, -0.2) is 23.0 Å². The topological polar surface area (TPSA) is 61.3 Å². The van der Waals surface area contributed by atoms with Gasteiger partial charge >= 0.3 is 12.0 Å². The summed E-state index contributed by atoms with van der Waals surface area (Å²) in [7, 11) is 1.32. The molecule has 116 valence electrons. The summed E-state index contributed by atoms with van der Waals surface area (Å²) in [5.74, 6) is -0.0751. The minimum atomic E-state index is -0.451. The first-order chi connectivity index (χ1) is 11.2. The fraction of sp³-hybridized carbons (Fsp3) is 0.0625. The van der Waals surface area contributed by atoms with Gasteiger partial charge in [-0.1, -0.05) is 23.7 Å². The Morgan fingerprint density at radius 2 is 1.78 bits per heavy atom. The minimum absolute atomic E-state index is 0.159. The number of aromatic nitrogens is 2. The third-order valence-electron chi connectivity index (χ3n) is 3.01. The molecular formula is C16H11ClN2O3S. The van der Waals surface area contributed by atoms with Crippen molar-refractivity contribution in [1.82, 2.24) is 9.97 Å². The Kier molecular flexibility index (Phi) is 4.55. The molecular weight excluding hydrogens is 336 g/mol. The summed E-state index contributed by atoms with van der Waals surface area (Å²) in [5.41, 5.74) is 1.79. The van der Waals surface area contributed by atoms with Crippen LogP contribution in [0.15, 0.2) is 48.1 Å². The average molecular weight is 347 g/mol. The number of esters is 1. The number of carbonyl (C=O) groups is 1. The summed E-state index contributed by atoms with van der Waals surface area (Å²) in [6.07, 6.45) is 3.30. The fourth-order valence-electron chi connectivity index (χ4n) is 1.88. The monoisotopic (exact) mass is 346 g/mol.